The molecule has 3 unspecified atom stereocenters. The highest BCUT2D eigenvalue weighted by molar-refractivity contribution is 4.93. The first-order valence-corrected chi connectivity index (χ1v) is 6.96. The van der Waals surface area contributed by atoms with Crippen LogP contribution in [0.15, 0.2) is 0 Å². The van der Waals surface area contributed by atoms with Crippen LogP contribution in [0.25, 0.3) is 0 Å². The van der Waals surface area contributed by atoms with Crippen LogP contribution in [0.2, 0.25) is 0 Å². The maximum Gasteiger partial charge on any atom is 0.0942 e. The molecule has 1 aliphatic rings. The van der Waals surface area contributed by atoms with Crippen LogP contribution in [-0.2, 0) is 4.74 Å². The lowest BCUT2D eigenvalue weighted by Gasteiger charge is -2.43. The Kier molecular flexibility index (Phi) is 5.77. The van der Waals surface area contributed by atoms with Crippen molar-refractivity contribution in [2.24, 2.45) is 5.92 Å². The second-order valence-electron chi connectivity index (χ2n) is 5.36. The van der Waals surface area contributed by atoms with Crippen molar-refractivity contribution in [1.29, 1.82) is 0 Å². The highest BCUT2D eigenvalue weighted by Crippen LogP contribution is 2.39. The summed E-state index contributed by atoms with van der Waals surface area (Å²) in [5.41, 5.74) is -0.235. The largest absolute Gasteiger partial charge is 0.390 e. The maximum absolute atomic E-state index is 10.4. The monoisotopic (exact) mass is 228 g/mol. The molecule has 0 aromatic heterocycles. The minimum atomic E-state index is -0.268. The van der Waals surface area contributed by atoms with Crippen LogP contribution in [-0.4, -0.2) is 23.4 Å². The summed E-state index contributed by atoms with van der Waals surface area (Å²) in [6, 6.07) is 0. The molecule has 0 amide bonds. The van der Waals surface area contributed by atoms with E-state index in [0.717, 1.165) is 38.7 Å². The van der Waals surface area contributed by atoms with Gasteiger partial charge in [-0.1, -0.05) is 39.5 Å². The molecule has 0 bridgehead atoms. The quantitative estimate of drug-likeness (QED) is 0.753. The molecule has 0 aromatic carbocycles. The van der Waals surface area contributed by atoms with Gasteiger partial charge in [0.15, 0.2) is 0 Å². The molecule has 1 N–H and O–H groups in total. The summed E-state index contributed by atoms with van der Waals surface area (Å²) in [6.07, 6.45) is 7.43. The first-order chi connectivity index (χ1) is 7.64. The van der Waals surface area contributed by atoms with E-state index in [-0.39, 0.29) is 11.7 Å². The molecule has 0 radical (unpaired) electrons. The third-order valence-electron chi connectivity index (χ3n) is 3.86. The number of hydrogen-bond donors (Lipinski definition) is 1. The number of hydrogen-bond acceptors (Lipinski definition) is 2. The molecule has 1 aliphatic carbocycles. The third-order valence-corrected chi connectivity index (χ3v) is 3.86. The molecule has 2 nitrogen and oxygen atoms in total. The van der Waals surface area contributed by atoms with Gasteiger partial charge in [0.1, 0.15) is 0 Å². The van der Waals surface area contributed by atoms with Gasteiger partial charge in [0.2, 0.25) is 0 Å². The maximum atomic E-state index is 10.4. The number of aliphatic hydroxyl groups is 1. The Morgan fingerprint density at radius 1 is 1.44 bits per heavy atom. The van der Waals surface area contributed by atoms with E-state index in [1.165, 1.54) is 12.8 Å². The topological polar surface area (TPSA) is 29.5 Å². The van der Waals surface area contributed by atoms with Crippen molar-refractivity contribution in [2.45, 2.75) is 77.4 Å². The molecular formula is C14H28O2. The van der Waals surface area contributed by atoms with Gasteiger partial charge in [0.25, 0.3) is 0 Å². The van der Waals surface area contributed by atoms with Crippen LogP contribution in [0.1, 0.15) is 65.7 Å². The average Bonchev–Trinajstić information content (AvgIpc) is 2.26. The van der Waals surface area contributed by atoms with Gasteiger partial charge in [-0.2, -0.15) is 0 Å². The van der Waals surface area contributed by atoms with Crippen molar-refractivity contribution in [3.63, 3.8) is 0 Å². The first-order valence-electron chi connectivity index (χ1n) is 6.96. The standard InChI is InChI=1S/C14H28O2/c1-4-6-9-13(15)14(16-5-2)10-7-8-12(3)11-14/h12-13,15H,4-11H2,1-3H3. The summed E-state index contributed by atoms with van der Waals surface area (Å²) in [7, 11) is 0. The molecule has 0 aliphatic heterocycles. The van der Waals surface area contributed by atoms with Crippen LogP contribution in [0, 0.1) is 5.92 Å². The first kappa shape index (κ1) is 14.0. The molecule has 2 heteroatoms. The Bertz CT molecular complexity index is 189. The summed E-state index contributed by atoms with van der Waals surface area (Å²) >= 11 is 0. The highest BCUT2D eigenvalue weighted by atomic mass is 16.5. The SMILES string of the molecule is CCCCC(O)C1(OCC)CCCC(C)C1. The zero-order valence-corrected chi connectivity index (χ0v) is 11.2. The molecule has 3 atom stereocenters. The van der Waals surface area contributed by atoms with Crippen LogP contribution in [0.3, 0.4) is 0 Å². The predicted molar refractivity (Wildman–Crippen MR) is 67.5 cm³/mol. The van der Waals surface area contributed by atoms with E-state index in [4.69, 9.17) is 4.74 Å². The Balaban J connectivity index is 2.62. The smallest absolute Gasteiger partial charge is 0.0942 e. The fourth-order valence-corrected chi connectivity index (χ4v) is 3.02. The van der Waals surface area contributed by atoms with Crippen LogP contribution in [0.5, 0.6) is 0 Å². The molecule has 0 aromatic rings. The van der Waals surface area contributed by atoms with Crippen LogP contribution in [0.4, 0.5) is 0 Å². The fourth-order valence-electron chi connectivity index (χ4n) is 3.02. The second kappa shape index (κ2) is 6.61. The van der Waals surface area contributed by atoms with Gasteiger partial charge in [0.05, 0.1) is 11.7 Å². The Hall–Kier alpha value is -0.0800. The summed E-state index contributed by atoms with van der Waals surface area (Å²) in [5.74, 6) is 0.691. The number of ether oxygens (including phenoxy) is 1. The predicted octanol–water partition coefficient (Wildman–Crippen LogP) is 3.52. The van der Waals surface area contributed by atoms with Gasteiger partial charge in [0, 0.05) is 6.61 Å². The van der Waals surface area contributed by atoms with Gasteiger partial charge in [-0.3, -0.25) is 0 Å². The Morgan fingerprint density at radius 3 is 2.75 bits per heavy atom. The fraction of sp³-hybridized carbons (Fsp3) is 1.00. The molecule has 16 heavy (non-hydrogen) atoms. The summed E-state index contributed by atoms with van der Waals surface area (Å²) in [6.45, 7) is 7.20. The lowest BCUT2D eigenvalue weighted by atomic mass is 9.74. The zero-order valence-electron chi connectivity index (χ0n) is 11.2. The van der Waals surface area contributed by atoms with Crippen molar-refractivity contribution in [3.8, 4) is 0 Å². The van der Waals surface area contributed by atoms with Gasteiger partial charge in [-0.25, -0.2) is 0 Å². The molecule has 0 heterocycles. The normalized spacial score (nSPS) is 32.6. The molecule has 1 saturated carbocycles. The van der Waals surface area contributed by atoms with Crippen molar-refractivity contribution in [1.82, 2.24) is 0 Å². The van der Waals surface area contributed by atoms with E-state index < -0.39 is 0 Å². The zero-order chi connectivity index (χ0) is 12.0. The molecule has 0 spiro atoms. The summed E-state index contributed by atoms with van der Waals surface area (Å²) in [4.78, 5) is 0. The van der Waals surface area contributed by atoms with Crippen LogP contribution >= 0.6 is 0 Å². The van der Waals surface area contributed by atoms with E-state index in [0.29, 0.717) is 5.92 Å². The van der Waals surface area contributed by atoms with Crippen LogP contribution < -0.4 is 0 Å². The van der Waals surface area contributed by atoms with Gasteiger partial charge in [-0.05, 0) is 32.1 Å². The third kappa shape index (κ3) is 3.46. The van der Waals surface area contributed by atoms with Gasteiger partial charge >= 0.3 is 0 Å². The van der Waals surface area contributed by atoms with E-state index in [1.54, 1.807) is 0 Å². The minimum Gasteiger partial charge on any atom is -0.390 e. The van der Waals surface area contributed by atoms with Crippen molar-refractivity contribution >= 4 is 0 Å². The van der Waals surface area contributed by atoms with E-state index in [2.05, 4.69) is 13.8 Å². The van der Waals surface area contributed by atoms with Crippen molar-refractivity contribution < 1.29 is 9.84 Å². The summed E-state index contributed by atoms with van der Waals surface area (Å²) < 4.78 is 5.95. The lowest BCUT2D eigenvalue weighted by molar-refractivity contribution is -0.149. The Labute approximate surface area is 100 Å². The number of aliphatic hydroxyl groups excluding tert-OH is 1. The molecular weight excluding hydrogens is 200 g/mol. The summed E-state index contributed by atoms with van der Waals surface area (Å²) in [5, 5.41) is 10.4. The van der Waals surface area contributed by atoms with E-state index in [1.807, 2.05) is 6.92 Å². The van der Waals surface area contributed by atoms with E-state index >= 15 is 0 Å². The molecule has 1 rings (SSSR count). The molecule has 96 valence electrons. The van der Waals surface area contributed by atoms with E-state index in [9.17, 15) is 5.11 Å². The van der Waals surface area contributed by atoms with Gasteiger partial charge < -0.3 is 9.84 Å². The molecule has 1 fully saturated rings. The number of unbranched alkanes of at least 4 members (excludes halogenated alkanes) is 1. The average molecular weight is 228 g/mol. The minimum absolute atomic E-state index is 0.235. The Morgan fingerprint density at radius 2 is 2.19 bits per heavy atom. The van der Waals surface area contributed by atoms with Gasteiger partial charge in [-0.15, -0.1) is 0 Å². The second-order valence-corrected chi connectivity index (χ2v) is 5.36. The van der Waals surface area contributed by atoms with Crippen molar-refractivity contribution in [3.05, 3.63) is 0 Å². The number of rotatable bonds is 6. The lowest BCUT2D eigenvalue weighted by Crippen LogP contribution is -2.48. The molecule has 0 saturated heterocycles. The van der Waals surface area contributed by atoms with Crippen molar-refractivity contribution in [2.75, 3.05) is 6.61 Å². The highest BCUT2D eigenvalue weighted by Gasteiger charge is 2.41.